The molecule has 1 aliphatic carbocycles. The second-order valence-corrected chi connectivity index (χ2v) is 7.03. The molecule has 0 unspecified atom stereocenters. The van der Waals surface area contributed by atoms with Crippen molar-refractivity contribution in [2.75, 3.05) is 33.5 Å². The molecule has 2 aromatic rings. The third-order valence-electron chi connectivity index (χ3n) is 4.53. The maximum Gasteiger partial charge on any atom is 0.271 e. The number of nitrogens with one attached hydrogen (secondary N) is 1. The fourth-order valence-electron chi connectivity index (χ4n) is 2.54. The predicted molar refractivity (Wildman–Crippen MR) is 101 cm³/mol. The van der Waals surface area contributed by atoms with Crippen molar-refractivity contribution in [2.24, 2.45) is 5.41 Å². The van der Waals surface area contributed by atoms with Crippen LogP contribution in [0, 0.1) is 5.41 Å². The second-order valence-electron chi connectivity index (χ2n) is 6.60. The van der Waals surface area contributed by atoms with Gasteiger partial charge in [0.1, 0.15) is 18.0 Å². The molecular formula is C19H22ClN3O4. The van der Waals surface area contributed by atoms with Crippen molar-refractivity contribution >= 4 is 17.5 Å². The summed E-state index contributed by atoms with van der Waals surface area (Å²) in [7, 11) is 1.58. The van der Waals surface area contributed by atoms with E-state index in [9.17, 15) is 9.90 Å². The Kier molecular flexibility index (Phi) is 6.26. The molecule has 1 amide bonds. The molecule has 1 heterocycles. The monoisotopic (exact) mass is 391 g/mol. The number of hydrogen-bond donors (Lipinski definition) is 2. The van der Waals surface area contributed by atoms with Crippen molar-refractivity contribution in [1.82, 2.24) is 15.3 Å². The Labute approximate surface area is 162 Å². The molecule has 1 aliphatic rings. The third-order valence-corrected chi connectivity index (χ3v) is 4.78. The van der Waals surface area contributed by atoms with E-state index in [1.54, 1.807) is 31.4 Å². The van der Waals surface area contributed by atoms with Crippen molar-refractivity contribution in [1.29, 1.82) is 0 Å². The predicted octanol–water partition coefficient (Wildman–Crippen LogP) is 2.32. The minimum atomic E-state index is -0.333. The lowest BCUT2D eigenvalue weighted by atomic mass is 10.1. The van der Waals surface area contributed by atoms with Gasteiger partial charge < -0.3 is 19.9 Å². The summed E-state index contributed by atoms with van der Waals surface area (Å²) in [6, 6.07) is 7.06. The van der Waals surface area contributed by atoms with Crippen LogP contribution in [0.25, 0.3) is 11.3 Å². The lowest BCUT2D eigenvalue weighted by Gasteiger charge is -2.14. The lowest BCUT2D eigenvalue weighted by Crippen LogP contribution is -2.32. The van der Waals surface area contributed by atoms with Crippen LogP contribution in [-0.4, -0.2) is 54.5 Å². The van der Waals surface area contributed by atoms with Gasteiger partial charge in [-0.05, 0) is 25.0 Å². The SMILES string of the molecule is COCCOc1ncc(C(=O)NCC2(CO)CC2)nc1-c1ccc(Cl)cc1. The smallest absolute Gasteiger partial charge is 0.271 e. The number of aliphatic hydroxyl groups is 1. The van der Waals surface area contributed by atoms with E-state index in [1.165, 1.54) is 6.20 Å². The highest BCUT2D eigenvalue weighted by Crippen LogP contribution is 2.44. The molecule has 0 saturated heterocycles. The molecule has 1 aromatic carbocycles. The Balaban J connectivity index is 1.81. The fraction of sp³-hybridized carbons (Fsp3) is 0.421. The molecule has 8 heteroatoms. The maximum atomic E-state index is 12.5. The van der Waals surface area contributed by atoms with Crippen LogP contribution in [0.5, 0.6) is 5.88 Å². The van der Waals surface area contributed by atoms with Gasteiger partial charge in [-0.3, -0.25) is 4.79 Å². The highest BCUT2D eigenvalue weighted by Gasteiger charge is 2.42. The molecule has 0 spiro atoms. The van der Waals surface area contributed by atoms with Crippen LogP contribution < -0.4 is 10.1 Å². The topological polar surface area (TPSA) is 93.6 Å². The van der Waals surface area contributed by atoms with Gasteiger partial charge in [0.15, 0.2) is 0 Å². The van der Waals surface area contributed by atoms with Gasteiger partial charge in [-0.2, -0.15) is 0 Å². The first-order valence-electron chi connectivity index (χ1n) is 8.71. The number of rotatable bonds is 9. The van der Waals surface area contributed by atoms with Crippen LogP contribution in [0.4, 0.5) is 0 Å². The summed E-state index contributed by atoms with van der Waals surface area (Å²) in [6.45, 7) is 1.22. The number of amides is 1. The number of halogens is 1. The zero-order chi connectivity index (χ0) is 19.3. The molecule has 2 N–H and O–H groups in total. The number of aromatic nitrogens is 2. The molecule has 0 radical (unpaired) electrons. The molecule has 27 heavy (non-hydrogen) atoms. The first kappa shape index (κ1) is 19.5. The number of benzene rings is 1. The van der Waals surface area contributed by atoms with Crippen LogP contribution >= 0.6 is 11.6 Å². The van der Waals surface area contributed by atoms with E-state index in [4.69, 9.17) is 21.1 Å². The molecule has 0 bridgehead atoms. The van der Waals surface area contributed by atoms with Crippen molar-refractivity contribution in [2.45, 2.75) is 12.8 Å². The lowest BCUT2D eigenvalue weighted by molar-refractivity contribution is 0.0929. The van der Waals surface area contributed by atoms with Gasteiger partial charge in [-0.25, -0.2) is 9.97 Å². The van der Waals surface area contributed by atoms with Gasteiger partial charge in [0.25, 0.3) is 5.91 Å². The van der Waals surface area contributed by atoms with Crippen molar-refractivity contribution in [3.8, 4) is 17.1 Å². The normalized spacial score (nSPS) is 14.6. The fourth-order valence-corrected chi connectivity index (χ4v) is 2.66. The average Bonchev–Trinajstić information content (AvgIpc) is 3.48. The second kappa shape index (κ2) is 8.65. The van der Waals surface area contributed by atoms with E-state index in [2.05, 4.69) is 15.3 Å². The van der Waals surface area contributed by atoms with Gasteiger partial charge in [-0.15, -0.1) is 0 Å². The highest BCUT2D eigenvalue weighted by atomic mass is 35.5. The maximum absolute atomic E-state index is 12.5. The molecule has 1 fully saturated rings. The molecule has 1 aromatic heterocycles. The van der Waals surface area contributed by atoms with Gasteiger partial charge in [0.2, 0.25) is 5.88 Å². The van der Waals surface area contributed by atoms with E-state index in [-0.39, 0.29) is 23.6 Å². The zero-order valence-corrected chi connectivity index (χ0v) is 15.8. The van der Waals surface area contributed by atoms with E-state index in [1.807, 2.05) is 0 Å². The van der Waals surface area contributed by atoms with Gasteiger partial charge in [0, 0.05) is 29.7 Å². The standard InChI is InChI=1S/C19H22ClN3O4/c1-26-8-9-27-18-16(13-2-4-14(20)5-3-13)23-15(10-21-18)17(25)22-11-19(12-24)6-7-19/h2-5,10,24H,6-9,11-12H2,1H3,(H,22,25). The molecule has 144 valence electrons. The van der Waals surface area contributed by atoms with Gasteiger partial charge in [0.05, 0.1) is 19.4 Å². The van der Waals surface area contributed by atoms with Crippen LogP contribution in [0.15, 0.2) is 30.5 Å². The Morgan fingerprint density at radius 2 is 2.04 bits per heavy atom. The molecule has 0 atom stereocenters. The highest BCUT2D eigenvalue weighted by molar-refractivity contribution is 6.30. The molecule has 7 nitrogen and oxygen atoms in total. The minimum Gasteiger partial charge on any atom is -0.474 e. The van der Waals surface area contributed by atoms with E-state index in [0.717, 1.165) is 18.4 Å². The largest absolute Gasteiger partial charge is 0.474 e. The third kappa shape index (κ3) is 4.94. The minimum absolute atomic E-state index is 0.0707. The number of carbonyl (C=O) groups is 1. The van der Waals surface area contributed by atoms with Crippen molar-refractivity contribution in [3.63, 3.8) is 0 Å². The Bertz CT molecular complexity index is 794. The van der Waals surface area contributed by atoms with E-state index >= 15 is 0 Å². The van der Waals surface area contributed by atoms with Crippen LogP contribution in [0.1, 0.15) is 23.3 Å². The summed E-state index contributed by atoms with van der Waals surface area (Å²) in [5.74, 6) is -0.0131. The Morgan fingerprint density at radius 3 is 2.67 bits per heavy atom. The summed E-state index contributed by atoms with van der Waals surface area (Å²) >= 11 is 5.96. The molecule has 3 rings (SSSR count). The summed E-state index contributed by atoms with van der Waals surface area (Å²) in [4.78, 5) is 21.2. The summed E-state index contributed by atoms with van der Waals surface area (Å²) < 4.78 is 10.6. The van der Waals surface area contributed by atoms with Crippen LogP contribution in [0.2, 0.25) is 5.02 Å². The zero-order valence-electron chi connectivity index (χ0n) is 15.1. The van der Waals surface area contributed by atoms with Gasteiger partial charge in [-0.1, -0.05) is 23.7 Å². The van der Waals surface area contributed by atoms with Crippen LogP contribution in [-0.2, 0) is 4.74 Å². The molecule has 1 saturated carbocycles. The first-order valence-corrected chi connectivity index (χ1v) is 9.08. The van der Waals surface area contributed by atoms with E-state index in [0.29, 0.717) is 36.4 Å². The van der Waals surface area contributed by atoms with E-state index < -0.39 is 0 Å². The molecular weight excluding hydrogens is 370 g/mol. The number of nitrogens with zero attached hydrogens (tertiary/aromatic N) is 2. The number of carbonyl (C=O) groups excluding carboxylic acids is 1. The summed E-state index contributed by atoms with van der Waals surface area (Å²) in [5.41, 5.74) is 1.21. The van der Waals surface area contributed by atoms with Gasteiger partial charge >= 0.3 is 0 Å². The summed E-state index contributed by atoms with van der Waals surface area (Å²) in [5, 5.41) is 12.8. The Hall–Kier alpha value is -2.22. The number of hydrogen-bond acceptors (Lipinski definition) is 6. The van der Waals surface area contributed by atoms with Crippen molar-refractivity contribution < 1.29 is 19.4 Å². The Morgan fingerprint density at radius 1 is 1.30 bits per heavy atom. The summed E-state index contributed by atoms with van der Waals surface area (Å²) in [6.07, 6.45) is 3.21. The van der Waals surface area contributed by atoms with Crippen LogP contribution in [0.3, 0.4) is 0 Å². The average molecular weight is 392 g/mol. The number of methoxy groups -OCH3 is 1. The van der Waals surface area contributed by atoms with Crippen molar-refractivity contribution in [3.05, 3.63) is 41.2 Å². The number of aliphatic hydroxyl groups excluding tert-OH is 1. The molecule has 0 aliphatic heterocycles. The number of ether oxygens (including phenoxy) is 2. The first-order chi connectivity index (χ1) is 13.1. The quantitative estimate of drug-likeness (QED) is 0.637.